The number of nitrogens with two attached hydrogens (primary N) is 1. The van der Waals surface area contributed by atoms with Crippen LogP contribution in [0, 0.1) is 5.41 Å². The first-order valence-electron chi connectivity index (χ1n) is 5.68. The van der Waals surface area contributed by atoms with Gasteiger partial charge in [0.05, 0.1) is 5.41 Å². The fourth-order valence-corrected chi connectivity index (χ4v) is 1.97. The number of rotatable bonds is 4. The van der Waals surface area contributed by atoms with Gasteiger partial charge in [-0.05, 0) is 18.4 Å². The van der Waals surface area contributed by atoms with Crippen molar-refractivity contribution in [3.8, 4) is 0 Å². The lowest BCUT2D eigenvalue weighted by Gasteiger charge is -2.37. The first-order chi connectivity index (χ1) is 7.77. The molecule has 0 heterocycles. The lowest BCUT2D eigenvalue weighted by molar-refractivity contribution is -0.162. The molecule has 3 nitrogen and oxygen atoms in total. The molecule has 1 aliphatic carbocycles. The summed E-state index contributed by atoms with van der Waals surface area (Å²) in [6.45, 7) is 0.752. The number of ether oxygens (including phenoxy) is 1. The van der Waals surface area contributed by atoms with Crippen molar-refractivity contribution in [2.24, 2.45) is 11.1 Å². The molecule has 1 aromatic carbocycles. The molecule has 1 aliphatic rings. The summed E-state index contributed by atoms with van der Waals surface area (Å²) in [6, 6.07) is 9.71. The molecule has 0 spiro atoms. The van der Waals surface area contributed by atoms with Gasteiger partial charge in [0, 0.05) is 6.54 Å². The van der Waals surface area contributed by atoms with Gasteiger partial charge >= 0.3 is 5.97 Å². The van der Waals surface area contributed by atoms with Crippen LogP contribution in [0.3, 0.4) is 0 Å². The van der Waals surface area contributed by atoms with Crippen molar-refractivity contribution in [3.63, 3.8) is 0 Å². The van der Waals surface area contributed by atoms with Gasteiger partial charge in [0.15, 0.2) is 0 Å². The molecule has 0 aromatic heterocycles. The van der Waals surface area contributed by atoms with Crippen LogP contribution in [0.25, 0.3) is 0 Å². The van der Waals surface area contributed by atoms with E-state index in [0.29, 0.717) is 13.2 Å². The first kappa shape index (κ1) is 11.1. The van der Waals surface area contributed by atoms with Crippen molar-refractivity contribution in [3.05, 3.63) is 35.9 Å². The second-order valence-corrected chi connectivity index (χ2v) is 4.40. The number of hydrogen-bond donors (Lipinski definition) is 1. The summed E-state index contributed by atoms with van der Waals surface area (Å²) in [6.07, 6.45) is 2.83. The Bertz CT molecular complexity index is 352. The molecular formula is C13H17NO2. The molecule has 86 valence electrons. The fraction of sp³-hybridized carbons (Fsp3) is 0.462. The molecule has 1 saturated carbocycles. The summed E-state index contributed by atoms with van der Waals surface area (Å²) in [7, 11) is 0. The third-order valence-corrected chi connectivity index (χ3v) is 3.35. The third kappa shape index (κ3) is 2.09. The Morgan fingerprint density at radius 3 is 2.50 bits per heavy atom. The average Bonchev–Trinajstić information content (AvgIpc) is 2.27. The highest BCUT2D eigenvalue weighted by molar-refractivity contribution is 5.78. The van der Waals surface area contributed by atoms with Crippen molar-refractivity contribution in [2.45, 2.75) is 25.9 Å². The van der Waals surface area contributed by atoms with E-state index < -0.39 is 0 Å². The summed E-state index contributed by atoms with van der Waals surface area (Å²) in [5.74, 6) is -0.134. The van der Waals surface area contributed by atoms with E-state index in [1.807, 2.05) is 30.3 Å². The van der Waals surface area contributed by atoms with Crippen molar-refractivity contribution >= 4 is 5.97 Å². The van der Waals surface area contributed by atoms with Crippen LogP contribution in [0.15, 0.2) is 30.3 Å². The Hall–Kier alpha value is -1.35. The van der Waals surface area contributed by atoms with Crippen molar-refractivity contribution in [1.82, 2.24) is 0 Å². The van der Waals surface area contributed by atoms with Crippen LogP contribution in [0.4, 0.5) is 0 Å². The van der Waals surface area contributed by atoms with E-state index in [1.54, 1.807) is 0 Å². The van der Waals surface area contributed by atoms with Gasteiger partial charge < -0.3 is 10.5 Å². The zero-order valence-corrected chi connectivity index (χ0v) is 9.32. The lowest BCUT2D eigenvalue weighted by atomic mass is 9.69. The Kier molecular flexibility index (Phi) is 3.25. The Labute approximate surface area is 95.6 Å². The SMILES string of the molecule is NCC1(C(=O)OCc2ccccc2)CCC1. The van der Waals surface area contributed by atoms with Gasteiger partial charge in [0.1, 0.15) is 6.61 Å². The summed E-state index contributed by atoms with van der Waals surface area (Å²) in [5.41, 5.74) is 6.27. The molecule has 0 atom stereocenters. The topological polar surface area (TPSA) is 52.3 Å². The monoisotopic (exact) mass is 219 g/mol. The zero-order chi connectivity index (χ0) is 11.4. The predicted octanol–water partition coefficient (Wildman–Crippen LogP) is 1.86. The molecule has 0 aliphatic heterocycles. The van der Waals surface area contributed by atoms with Crippen molar-refractivity contribution < 1.29 is 9.53 Å². The second kappa shape index (κ2) is 4.66. The van der Waals surface area contributed by atoms with Gasteiger partial charge in [-0.1, -0.05) is 36.8 Å². The number of esters is 1. The molecule has 2 rings (SSSR count). The van der Waals surface area contributed by atoms with Crippen LogP contribution in [0.1, 0.15) is 24.8 Å². The van der Waals surface area contributed by atoms with Crippen molar-refractivity contribution in [2.75, 3.05) is 6.54 Å². The van der Waals surface area contributed by atoms with E-state index in [9.17, 15) is 4.79 Å². The van der Waals surface area contributed by atoms with E-state index in [0.717, 1.165) is 24.8 Å². The number of carbonyl (C=O) groups excluding carboxylic acids is 1. The van der Waals surface area contributed by atoms with Gasteiger partial charge in [0.2, 0.25) is 0 Å². The standard InChI is InChI=1S/C13H17NO2/c14-10-13(7-4-8-13)12(15)16-9-11-5-2-1-3-6-11/h1-3,5-6H,4,7-10,14H2. The van der Waals surface area contributed by atoms with E-state index in [4.69, 9.17) is 10.5 Å². The Morgan fingerprint density at radius 2 is 2.00 bits per heavy atom. The minimum Gasteiger partial charge on any atom is -0.460 e. The Morgan fingerprint density at radius 1 is 1.31 bits per heavy atom. The fourth-order valence-electron chi connectivity index (χ4n) is 1.97. The summed E-state index contributed by atoms with van der Waals surface area (Å²) < 4.78 is 5.31. The molecule has 1 aromatic rings. The molecular weight excluding hydrogens is 202 g/mol. The maximum Gasteiger partial charge on any atom is 0.313 e. The van der Waals surface area contributed by atoms with Gasteiger partial charge in [-0.25, -0.2) is 0 Å². The summed E-state index contributed by atoms with van der Waals surface area (Å²) >= 11 is 0. The van der Waals surface area contributed by atoms with Crippen LogP contribution in [0.2, 0.25) is 0 Å². The van der Waals surface area contributed by atoms with E-state index in [2.05, 4.69) is 0 Å². The summed E-state index contributed by atoms with van der Waals surface area (Å²) in [4.78, 5) is 11.8. The predicted molar refractivity (Wildman–Crippen MR) is 61.6 cm³/mol. The molecule has 0 bridgehead atoms. The van der Waals surface area contributed by atoms with Crippen molar-refractivity contribution in [1.29, 1.82) is 0 Å². The van der Waals surface area contributed by atoms with Gasteiger partial charge in [-0.3, -0.25) is 4.79 Å². The number of hydrogen-bond acceptors (Lipinski definition) is 3. The molecule has 3 heteroatoms. The maximum atomic E-state index is 11.8. The van der Waals surface area contributed by atoms with Crippen LogP contribution in [-0.4, -0.2) is 12.5 Å². The molecule has 16 heavy (non-hydrogen) atoms. The van der Waals surface area contributed by atoms with Crippen LogP contribution >= 0.6 is 0 Å². The smallest absolute Gasteiger partial charge is 0.313 e. The zero-order valence-electron chi connectivity index (χ0n) is 9.32. The summed E-state index contributed by atoms with van der Waals surface area (Å²) in [5, 5.41) is 0. The Balaban J connectivity index is 1.89. The van der Waals surface area contributed by atoms with Gasteiger partial charge in [-0.15, -0.1) is 0 Å². The van der Waals surface area contributed by atoms with Gasteiger partial charge in [-0.2, -0.15) is 0 Å². The lowest BCUT2D eigenvalue weighted by Crippen LogP contribution is -2.45. The minimum atomic E-state index is -0.380. The molecule has 0 unspecified atom stereocenters. The number of carbonyl (C=O) groups is 1. The highest BCUT2D eigenvalue weighted by Gasteiger charge is 2.44. The average molecular weight is 219 g/mol. The van der Waals surface area contributed by atoms with Crippen LogP contribution in [0.5, 0.6) is 0 Å². The quantitative estimate of drug-likeness (QED) is 0.786. The van der Waals surface area contributed by atoms with E-state index >= 15 is 0 Å². The van der Waals surface area contributed by atoms with Crippen LogP contribution in [-0.2, 0) is 16.1 Å². The number of benzene rings is 1. The van der Waals surface area contributed by atoms with E-state index in [-0.39, 0.29) is 11.4 Å². The molecule has 0 saturated heterocycles. The van der Waals surface area contributed by atoms with E-state index in [1.165, 1.54) is 0 Å². The third-order valence-electron chi connectivity index (χ3n) is 3.35. The molecule has 0 amide bonds. The second-order valence-electron chi connectivity index (χ2n) is 4.40. The molecule has 0 radical (unpaired) electrons. The first-order valence-corrected chi connectivity index (χ1v) is 5.68. The molecule has 1 fully saturated rings. The maximum absolute atomic E-state index is 11.8. The normalized spacial score (nSPS) is 17.6. The van der Waals surface area contributed by atoms with Crippen LogP contribution < -0.4 is 5.73 Å². The highest BCUT2D eigenvalue weighted by atomic mass is 16.5. The molecule has 2 N–H and O–H groups in total. The van der Waals surface area contributed by atoms with Gasteiger partial charge in [0.25, 0.3) is 0 Å². The largest absolute Gasteiger partial charge is 0.460 e. The minimum absolute atomic E-state index is 0.134. The highest BCUT2D eigenvalue weighted by Crippen LogP contribution is 2.41.